The number of urea groups is 1. The minimum absolute atomic E-state index is 0.0414. The van der Waals surface area contributed by atoms with E-state index in [0.717, 1.165) is 21.9 Å². The number of nitrogens with zero attached hydrogens (tertiary/aromatic N) is 1. The summed E-state index contributed by atoms with van der Waals surface area (Å²) in [5.74, 6) is -0.260. The van der Waals surface area contributed by atoms with E-state index in [1.54, 1.807) is 4.90 Å². The van der Waals surface area contributed by atoms with E-state index in [2.05, 4.69) is 10.6 Å². The second-order valence-electron chi connectivity index (χ2n) is 9.61. The van der Waals surface area contributed by atoms with Gasteiger partial charge in [0.1, 0.15) is 6.04 Å². The largest absolute Gasteiger partial charge is 0.356 e. The van der Waals surface area contributed by atoms with E-state index in [1.807, 2.05) is 79.7 Å². The Morgan fingerprint density at radius 1 is 0.972 bits per heavy atom. The van der Waals surface area contributed by atoms with Crippen LogP contribution in [0.5, 0.6) is 0 Å². The lowest BCUT2D eigenvalue weighted by Crippen LogP contribution is -2.58. The molecule has 4 N–H and O–H groups in total. The van der Waals surface area contributed by atoms with Crippen LogP contribution in [0.4, 0.5) is 4.79 Å². The van der Waals surface area contributed by atoms with Crippen molar-refractivity contribution in [2.75, 3.05) is 19.6 Å². The molecule has 4 amide bonds. The Morgan fingerprint density at radius 2 is 1.69 bits per heavy atom. The first-order valence-electron chi connectivity index (χ1n) is 12.5. The van der Waals surface area contributed by atoms with Crippen LogP contribution in [0, 0.1) is 5.41 Å². The minimum atomic E-state index is -0.814. The van der Waals surface area contributed by atoms with E-state index >= 15 is 0 Å². The average molecular weight is 487 g/mol. The van der Waals surface area contributed by atoms with E-state index in [4.69, 9.17) is 5.73 Å². The van der Waals surface area contributed by atoms with Crippen molar-refractivity contribution in [3.8, 4) is 0 Å². The molecule has 0 aromatic heterocycles. The lowest BCUT2D eigenvalue weighted by molar-refractivity contribution is -0.142. The highest BCUT2D eigenvalue weighted by Gasteiger charge is 2.44. The standard InChI is InChI=1S/C29H34N4O3/c1-2-31-27(35)29(19-21-9-4-3-5-10-21)15-8-16-33(20-29)26(34)25(32-28(30)36)18-22-13-14-23-11-6-7-12-24(23)17-22/h3-7,9-14,17,25H,2,8,15-16,18-20H2,1H3,(H,31,35)(H3,30,32,36)/t25-,29+/m1/s1. The van der Waals surface area contributed by atoms with Gasteiger partial charge in [-0.2, -0.15) is 0 Å². The molecule has 2 atom stereocenters. The van der Waals surface area contributed by atoms with Gasteiger partial charge in [-0.1, -0.05) is 72.8 Å². The maximum absolute atomic E-state index is 13.7. The van der Waals surface area contributed by atoms with Gasteiger partial charge in [-0.15, -0.1) is 0 Å². The first-order valence-corrected chi connectivity index (χ1v) is 12.5. The molecule has 3 aromatic rings. The summed E-state index contributed by atoms with van der Waals surface area (Å²) in [6, 6.07) is 22.4. The summed E-state index contributed by atoms with van der Waals surface area (Å²) >= 11 is 0. The summed E-state index contributed by atoms with van der Waals surface area (Å²) in [5.41, 5.74) is 6.72. The first-order chi connectivity index (χ1) is 17.4. The van der Waals surface area contributed by atoms with Crippen molar-refractivity contribution < 1.29 is 14.4 Å². The molecule has 0 saturated carbocycles. The van der Waals surface area contributed by atoms with Gasteiger partial charge in [0.05, 0.1) is 5.41 Å². The number of primary amides is 1. The van der Waals surface area contributed by atoms with Crippen molar-refractivity contribution in [2.24, 2.45) is 11.1 Å². The fourth-order valence-corrected chi connectivity index (χ4v) is 5.26. The third kappa shape index (κ3) is 5.85. The van der Waals surface area contributed by atoms with Crippen LogP contribution in [-0.4, -0.2) is 48.4 Å². The molecular formula is C29H34N4O3. The van der Waals surface area contributed by atoms with Gasteiger partial charge in [0.2, 0.25) is 11.8 Å². The summed E-state index contributed by atoms with van der Waals surface area (Å²) in [4.78, 5) is 40.6. The van der Waals surface area contributed by atoms with Crippen LogP contribution < -0.4 is 16.4 Å². The van der Waals surface area contributed by atoms with Gasteiger partial charge in [-0.05, 0) is 48.1 Å². The number of amides is 4. The van der Waals surface area contributed by atoms with Crippen LogP contribution in [-0.2, 0) is 22.4 Å². The molecule has 0 spiro atoms. The zero-order valence-corrected chi connectivity index (χ0v) is 20.7. The molecule has 0 bridgehead atoms. The van der Waals surface area contributed by atoms with Crippen LogP contribution in [0.2, 0.25) is 0 Å². The Hall–Kier alpha value is -3.87. The molecule has 1 fully saturated rings. The Balaban J connectivity index is 1.58. The van der Waals surface area contributed by atoms with Gasteiger partial charge in [0.25, 0.3) is 0 Å². The second-order valence-corrected chi connectivity index (χ2v) is 9.61. The normalized spacial score (nSPS) is 18.4. The van der Waals surface area contributed by atoms with E-state index in [9.17, 15) is 14.4 Å². The molecule has 1 aliphatic rings. The first kappa shape index (κ1) is 25.2. The lowest BCUT2D eigenvalue weighted by atomic mass is 9.74. The zero-order valence-electron chi connectivity index (χ0n) is 20.7. The predicted octanol–water partition coefficient (Wildman–Crippen LogP) is 3.41. The SMILES string of the molecule is CCNC(=O)[C@]1(Cc2ccccc2)CCCN(C(=O)[C@@H](Cc2ccc3ccccc3c2)NC(N)=O)C1. The number of piperidine rings is 1. The molecule has 4 rings (SSSR count). The van der Waals surface area contributed by atoms with Crippen molar-refractivity contribution in [3.63, 3.8) is 0 Å². The number of nitrogens with two attached hydrogens (primary N) is 1. The third-order valence-corrected chi connectivity index (χ3v) is 6.96. The summed E-state index contributed by atoms with van der Waals surface area (Å²) < 4.78 is 0. The quantitative estimate of drug-likeness (QED) is 0.454. The molecule has 7 nitrogen and oxygen atoms in total. The molecule has 0 aliphatic carbocycles. The molecule has 36 heavy (non-hydrogen) atoms. The molecule has 3 aromatic carbocycles. The fraction of sp³-hybridized carbons (Fsp3) is 0.345. The topological polar surface area (TPSA) is 105 Å². The molecule has 188 valence electrons. The van der Waals surface area contributed by atoms with Crippen molar-refractivity contribution in [1.29, 1.82) is 0 Å². The van der Waals surface area contributed by atoms with Crippen LogP contribution in [0.1, 0.15) is 30.9 Å². The van der Waals surface area contributed by atoms with Crippen molar-refractivity contribution in [3.05, 3.63) is 83.9 Å². The van der Waals surface area contributed by atoms with E-state index < -0.39 is 17.5 Å². The fourth-order valence-electron chi connectivity index (χ4n) is 5.26. The van der Waals surface area contributed by atoms with Crippen LogP contribution in [0.25, 0.3) is 10.8 Å². The van der Waals surface area contributed by atoms with Gasteiger partial charge < -0.3 is 21.3 Å². The molecule has 0 radical (unpaired) electrons. The molecule has 1 heterocycles. The highest BCUT2D eigenvalue weighted by molar-refractivity contribution is 5.89. The zero-order chi connectivity index (χ0) is 25.5. The number of carbonyl (C=O) groups excluding carboxylic acids is 3. The number of nitrogens with one attached hydrogen (secondary N) is 2. The second kappa shape index (κ2) is 11.2. The molecule has 7 heteroatoms. The Bertz CT molecular complexity index is 1230. The Kier molecular flexibility index (Phi) is 7.88. The number of hydrogen-bond acceptors (Lipinski definition) is 3. The lowest BCUT2D eigenvalue weighted by Gasteiger charge is -2.43. The van der Waals surface area contributed by atoms with Crippen LogP contribution >= 0.6 is 0 Å². The van der Waals surface area contributed by atoms with Gasteiger partial charge in [0.15, 0.2) is 0 Å². The van der Waals surface area contributed by atoms with Crippen LogP contribution in [0.3, 0.4) is 0 Å². The van der Waals surface area contributed by atoms with Gasteiger partial charge in [-0.3, -0.25) is 9.59 Å². The Morgan fingerprint density at radius 3 is 2.42 bits per heavy atom. The highest BCUT2D eigenvalue weighted by Crippen LogP contribution is 2.35. The summed E-state index contributed by atoms with van der Waals surface area (Å²) in [7, 11) is 0. The van der Waals surface area contributed by atoms with Crippen molar-refractivity contribution in [2.45, 2.75) is 38.6 Å². The molecular weight excluding hydrogens is 452 g/mol. The third-order valence-electron chi connectivity index (χ3n) is 6.96. The monoisotopic (exact) mass is 486 g/mol. The predicted molar refractivity (Wildman–Crippen MR) is 141 cm³/mol. The summed E-state index contributed by atoms with van der Waals surface area (Å²) in [6.07, 6.45) is 2.25. The van der Waals surface area contributed by atoms with Gasteiger partial charge in [0, 0.05) is 26.1 Å². The number of likely N-dealkylation sites (tertiary alicyclic amines) is 1. The number of hydrogen-bond donors (Lipinski definition) is 3. The van der Waals surface area contributed by atoms with E-state index in [-0.39, 0.29) is 11.8 Å². The molecule has 1 saturated heterocycles. The van der Waals surface area contributed by atoms with Crippen molar-refractivity contribution in [1.82, 2.24) is 15.5 Å². The highest BCUT2D eigenvalue weighted by atomic mass is 16.2. The Labute approximate surface area is 212 Å². The maximum Gasteiger partial charge on any atom is 0.312 e. The number of fused-ring (bicyclic) bond motifs is 1. The number of benzene rings is 3. The molecule has 1 aliphatic heterocycles. The number of rotatable bonds is 8. The van der Waals surface area contributed by atoms with Crippen LogP contribution in [0.15, 0.2) is 72.8 Å². The number of carbonyl (C=O) groups is 3. The summed E-state index contributed by atoms with van der Waals surface area (Å²) in [6.45, 7) is 3.25. The average Bonchev–Trinajstić information content (AvgIpc) is 2.88. The summed E-state index contributed by atoms with van der Waals surface area (Å²) in [5, 5.41) is 7.81. The smallest absolute Gasteiger partial charge is 0.312 e. The minimum Gasteiger partial charge on any atom is -0.356 e. The van der Waals surface area contributed by atoms with E-state index in [1.165, 1.54) is 0 Å². The van der Waals surface area contributed by atoms with E-state index in [0.29, 0.717) is 45.3 Å². The maximum atomic E-state index is 13.7. The molecule has 0 unspecified atom stereocenters. The van der Waals surface area contributed by atoms with Gasteiger partial charge >= 0.3 is 6.03 Å². The van der Waals surface area contributed by atoms with Crippen molar-refractivity contribution >= 4 is 28.6 Å². The van der Waals surface area contributed by atoms with Gasteiger partial charge in [-0.25, -0.2) is 4.79 Å².